The van der Waals surface area contributed by atoms with Gasteiger partial charge in [0.25, 0.3) is 0 Å². The molecule has 0 aromatic carbocycles. The summed E-state index contributed by atoms with van der Waals surface area (Å²) < 4.78 is 5.34. The topological polar surface area (TPSA) is 29.5 Å². The van der Waals surface area contributed by atoms with Crippen LogP contribution in [0, 0.1) is 11.8 Å². The number of carbonyl (C=O) groups is 1. The molecule has 1 aliphatic heterocycles. The van der Waals surface area contributed by atoms with Crippen molar-refractivity contribution in [3.05, 3.63) is 0 Å². The molecule has 1 rings (SSSR count). The van der Waals surface area contributed by atoms with Gasteiger partial charge < -0.3 is 4.74 Å². The molecule has 3 heteroatoms. The van der Waals surface area contributed by atoms with Crippen LogP contribution in [0.3, 0.4) is 0 Å². The lowest BCUT2D eigenvalue weighted by Gasteiger charge is -2.24. The van der Waals surface area contributed by atoms with Crippen molar-refractivity contribution >= 4 is 5.97 Å². The largest absolute Gasteiger partial charge is 0.464 e. The van der Waals surface area contributed by atoms with Crippen molar-refractivity contribution in [3.8, 4) is 0 Å². The Morgan fingerprint density at radius 3 is 2.59 bits per heavy atom. The molecule has 17 heavy (non-hydrogen) atoms. The van der Waals surface area contributed by atoms with Crippen LogP contribution in [-0.2, 0) is 9.53 Å². The summed E-state index contributed by atoms with van der Waals surface area (Å²) in [6.45, 7) is 11.2. The highest BCUT2D eigenvalue weighted by Crippen LogP contribution is 2.20. The third-order valence-electron chi connectivity index (χ3n) is 3.19. The number of hydrogen-bond acceptors (Lipinski definition) is 3. The maximum atomic E-state index is 11.9. The van der Waals surface area contributed by atoms with Crippen molar-refractivity contribution in [2.24, 2.45) is 11.8 Å². The van der Waals surface area contributed by atoms with Crippen LogP contribution in [0.15, 0.2) is 0 Å². The molecule has 1 atom stereocenters. The Hall–Kier alpha value is -0.570. The van der Waals surface area contributed by atoms with E-state index in [0.29, 0.717) is 18.4 Å². The van der Waals surface area contributed by atoms with Crippen LogP contribution in [0.4, 0.5) is 0 Å². The van der Waals surface area contributed by atoms with Crippen molar-refractivity contribution < 1.29 is 9.53 Å². The molecule has 0 radical (unpaired) electrons. The van der Waals surface area contributed by atoms with E-state index in [0.717, 1.165) is 32.4 Å². The summed E-state index contributed by atoms with van der Waals surface area (Å²) in [6.07, 6.45) is 3.25. The van der Waals surface area contributed by atoms with E-state index in [4.69, 9.17) is 4.74 Å². The highest BCUT2D eigenvalue weighted by atomic mass is 16.5. The lowest BCUT2D eigenvalue weighted by atomic mass is 10.1. The van der Waals surface area contributed by atoms with E-state index < -0.39 is 0 Å². The molecule has 1 saturated heterocycles. The van der Waals surface area contributed by atoms with E-state index in [-0.39, 0.29) is 12.0 Å². The van der Waals surface area contributed by atoms with E-state index in [1.807, 2.05) is 0 Å². The number of carbonyl (C=O) groups excluding carboxylic acids is 1. The molecule has 3 nitrogen and oxygen atoms in total. The summed E-state index contributed by atoms with van der Waals surface area (Å²) in [4.78, 5) is 14.2. The molecule has 1 fully saturated rings. The molecule has 0 aliphatic carbocycles. The smallest absolute Gasteiger partial charge is 0.323 e. The Morgan fingerprint density at radius 1 is 1.29 bits per heavy atom. The normalized spacial score (nSPS) is 21.4. The number of ether oxygens (including phenoxy) is 1. The quantitative estimate of drug-likeness (QED) is 0.670. The molecule has 0 amide bonds. The van der Waals surface area contributed by atoms with Gasteiger partial charge in [0.1, 0.15) is 6.04 Å². The van der Waals surface area contributed by atoms with E-state index in [9.17, 15) is 4.79 Å². The van der Waals surface area contributed by atoms with E-state index in [2.05, 4.69) is 32.6 Å². The van der Waals surface area contributed by atoms with Crippen molar-refractivity contribution in [1.82, 2.24) is 4.90 Å². The second-order valence-corrected chi connectivity index (χ2v) is 5.90. The molecule has 1 aliphatic rings. The minimum atomic E-state index is -0.0139. The maximum absolute atomic E-state index is 11.9. The Morgan fingerprint density at radius 2 is 2.00 bits per heavy atom. The van der Waals surface area contributed by atoms with Gasteiger partial charge in [0.15, 0.2) is 0 Å². The Bertz CT molecular complexity index is 238. The number of nitrogens with zero attached hydrogens (tertiary/aromatic N) is 1. The number of hydrogen-bond donors (Lipinski definition) is 0. The van der Waals surface area contributed by atoms with Crippen molar-refractivity contribution in [2.45, 2.75) is 53.0 Å². The molecule has 0 spiro atoms. The van der Waals surface area contributed by atoms with Crippen LogP contribution in [0.1, 0.15) is 47.0 Å². The van der Waals surface area contributed by atoms with E-state index >= 15 is 0 Å². The van der Waals surface area contributed by atoms with Crippen molar-refractivity contribution in [3.63, 3.8) is 0 Å². The van der Waals surface area contributed by atoms with Gasteiger partial charge in [0.2, 0.25) is 0 Å². The zero-order valence-electron chi connectivity index (χ0n) is 11.7. The minimum Gasteiger partial charge on any atom is -0.464 e. The van der Waals surface area contributed by atoms with Crippen molar-refractivity contribution in [1.29, 1.82) is 0 Å². The lowest BCUT2D eigenvalue weighted by molar-refractivity contribution is -0.150. The summed E-state index contributed by atoms with van der Waals surface area (Å²) in [5.41, 5.74) is 0. The van der Waals surface area contributed by atoms with Gasteiger partial charge in [0, 0.05) is 0 Å². The van der Waals surface area contributed by atoms with Crippen LogP contribution in [-0.4, -0.2) is 36.6 Å². The van der Waals surface area contributed by atoms with Crippen LogP contribution in [0.25, 0.3) is 0 Å². The molecular weight excluding hydrogens is 214 g/mol. The standard InChI is InChI=1S/C14H27NO2/c1-11(2)7-9-15-8-5-6-13(15)14(16)17-10-12(3)4/h11-13H,5-10H2,1-4H3. The fourth-order valence-corrected chi connectivity index (χ4v) is 2.13. The molecule has 0 aromatic rings. The molecule has 100 valence electrons. The van der Waals surface area contributed by atoms with Gasteiger partial charge in [0.05, 0.1) is 6.61 Å². The fourth-order valence-electron chi connectivity index (χ4n) is 2.13. The number of likely N-dealkylation sites (tertiary alicyclic amines) is 1. The van der Waals surface area contributed by atoms with Gasteiger partial charge in [-0.25, -0.2) is 0 Å². The SMILES string of the molecule is CC(C)CCN1CCCC1C(=O)OCC(C)C. The predicted molar refractivity (Wildman–Crippen MR) is 69.8 cm³/mol. The van der Waals surface area contributed by atoms with Crippen LogP contribution in [0.2, 0.25) is 0 Å². The summed E-state index contributed by atoms with van der Waals surface area (Å²) in [7, 11) is 0. The first-order chi connectivity index (χ1) is 8.00. The number of rotatable bonds is 6. The third kappa shape index (κ3) is 5.07. The van der Waals surface area contributed by atoms with Crippen LogP contribution in [0.5, 0.6) is 0 Å². The Kier molecular flexibility index (Phi) is 5.96. The summed E-state index contributed by atoms with van der Waals surface area (Å²) >= 11 is 0. The van der Waals surface area contributed by atoms with Gasteiger partial charge in [-0.05, 0) is 44.2 Å². The van der Waals surface area contributed by atoms with Crippen molar-refractivity contribution in [2.75, 3.05) is 19.7 Å². The zero-order valence-corrected chi connectivity index (χ0v) is 11.7. The first-order valence-corrected chi connectivity index (χ1v) is 6.91. The molecule has 0 saturated carbocycles. The van der Waals surface area contributed by atoms with Gasteiger partial charge >= 0.3 is 5.97 Å². The lowest BCUT2D eigenvalue weighted by Crippen LogP contribution is -2.38. The summed E-state index contributed by atoms with van der Waals surface area (Å²) in [5, 5.41) is 0. The Labute approximate surface area is 106 Å². The summed E-state index contributed by atoms with van der Waals surface area (Å²) in [6, 6.07) is 0.0208. The molecule has 1 heterocycles. The van der Waals surface area contributed by atoms with Gasteiger partial charge in [-0.3, -0.25) is 9.69 Å². The molecule has 0 bridgehead atoms. The molecular formula is C14H27NO2. The second-order valence-electron chi connectivity index (χ2n) is 5.90. The van der Waals surface area contributed by atoms with E-state index in [1.165, 1.54) is 0 Å². The average Bonchev–Trinajstić information content (AvgIpc) is 2.71. The molecule has 0 N–H and O–H groups in total. The molecule has 0 aromatic heterocycles. The minimum absolute atomic E-state index is 0.0139. The number of esters is 1. The monoisotopic (exact) mass is 241 g/mol. The third-order valence-corrected chi connectivity index (χ3v) is 3.19. The first kappa shape index (κ1) is 14.5. The van der Waals surface area contributed by atoms with Crippen LogP contribution < -0.4 is 0 Å². The highest BCUT2D eigenvalue weighted by molar-refractivity contribution is 5.76. The van der Waals surface area contributed by atoms with Crippen LogP contribution >= 0.6 is 0 Å². The van der Waals surface area contributed by atoms with Gasteiger partial charge in [-0.1, -0.05) is 27.7 Å². The molecule has 1 unspecified atom stereocenters. The van der Waals surface area contributed by atoms with E-state index in [1.54, 1.807) is 0 Å². The maximum Gasteiger partial charge on any atom is 0.323 e. The first-order valence-electron chi connectivity index (χ1n) is 6.91. The fraction of sp³-hybridized carbons (Fsp3) is 0.929. The zero-order chi connectivity index (χ0) is 12.8. The van der Waals surface area contributed by atoms with Gasteiger partial charge in [-0.2, -0.15) is 0 Å². The average molecular weight is 241 g/mol. The second kappa shape index (κ2) is 7.00. The summed E-state index contributed by atoms with van der Waals surface area (Å²) in [5.74, 6) is 1.10. The highest BCUT2D eigenvalue weighted by Gasteiger charge is 2.31. The van der Waals surface area contributed by atoms with Gasteiger partial charge in [-0.15, -0.1) is 0 Å². The predicted octanol–water partition coefficient (Wildman–Crippen LogP) is 2.70. The Balaban J connectivity index is 2.37.